The second-order valence-electron chi connectivity index (χ2n) is 8.64. The molecule has 0 atom stereocenters. The van der Waals surface area contributed by atoms with Gasteiger partial charge in [-0.05, 0) is 48.9 Å². The molecule has 0 unspecified atom stereocenters. The smallest absolute Gasteiger partial charge is 0.332 e. The highest BCUT2D eigenvalue weighted by atomic mass is 16.7. The van der Waals surface area contributed by atoms with Gasteiger partial charge in [-0.1, -0.05) is 35.9 Å². The van der Waals surface area contributed by atoms with Gasteiger partial charge in [0.1, 0.15) is 17.6 Å². The highest BCUT2D eigenvalue weighted by Crippen LogP contribution is 2.32. The first-order chi connectivity index (χ1) is 17.5. The molecule has 36 heavy (non-hydrogen) atoms. The fourth-order valence-electron chi connectivity index (χ4n) is 4.38. The molecular formula is C27H21N3O6. The molecule has 9 nitrogen and oxygen atoms in total. The molecule has 5 aromatic rings. The van der Waals surface area contributed by atoms with Crippen molar-refractivity contribution in [2.24, 2.45) is 0 Å². The van der Waals surface area contributed by atoms with Crippen molar-refractivity contribution in [1.29, 1.82) is 0 Å². The SMILES string of the molecule is Cc1ccc(NC(=O)Cn2c(=O)n(Cc3ccc4c(c3)OCO4)c(=O)c3oc4ccccc4c32)cc1. The summed E-state index contributed by atoms with van der Waals surface area (Å²) in [5, 5.41) is 3.40. The van der Waals surface area contributed by atoms with Crippen molar-refractivity contribution in [2.45, 2.75) is 20.0 Å². The zero-order valence-corrected chi connectivity index (χ0v) is 19.3. The molecule has 3 aromatic carbocycles. The van der Waals surface area contributed by atoms with Crippen molar-refractivity contribution in [3.8, 4) is 11.5 Å². The number of amides is 1. The maximum atomic E-state index is 13.7. The fourth-order valence-corrected chi connectivity index (χ4v) is 4.38. The molecule has 0 spiro atoms. The summed E-state index contributed by atoms with van der Waals surface area (Å²) in [6.45, 7) is 1.75. The van der Waals surface area contributed by atoms with Gasteiger partial charge in [-0.3, -0.25) is 18.7 Å². The number of aromatic nitrogens is 2. The Labute approximate surface area is 204 Å². The third-order valence-electron chi connectivity index (χ3n) is 6.16. The van der Waals surface area contributed by atoms with Gasteiger partial charge >= 0.3 is 5.69 Å². The van der Waals surface area contributed by atoms with Crippen LogP contribution in [0, 0.1) is 6.92 Å². The maximum Gasteiger partial charge on any atom is 0.332 e. The van der Waals surface area contributed by atoms with E-state index in [9.17, 15) is 14.4 Å². The molecule has 3 heterocycles. The molecule has 1 amide bonds. The number of rotatable bonds is 5. The molecule has 180 valence electrons. The number of furan rings is 1. The van der Waals surface area contributed by atoms with Crippen molar-refractivity contribution in [3.05, 3.63) is 98.7 Å². The van der Waals surface area contributed by atoms with Gasteiger partial charge in [-0.2, -0.15) is 0 Å². The lowest BCUT2D eigenvalue weighted by Gasteiger charge is -2.13. The minimum absolute atomic E-state index is 0.0136. The van der Waals surface area contributed by atoms with Crippen LogP contribution in [0.3, 0.4) is 0 Å². The van der Waals surface area contributed by atoms with Crippen LogP contribution in [0.15, 0.2) is 80.7 Å². The van der Waals surface area contributed by atoms with Crippen LogP contribution in [-0.4, -0.2) is 21.8 Å². The van der Waals surface area contributed by atoms with Gasteiger partial charge in [0, 0.05) is 11.1 Å². The van der Waals surface area contributed by atoms with Gasteiger partial charge in [0.2, 0.25) is 18.3 Å². The number of hydrogen-bond acceptors (Lipinski definition) is 6. The lowest BCUT2D eigenvalue weighted by Crippen LogP contribution is -2.41. The number of carbonyl (C=O) groups excluding carboxylic acids is 1. The summed E-state index contributed by atoms with van der Waals surface area (Å²) in [5.41, 5.74) is 1.92. The van der Waals surface area contributed by atoms with E-state index in [1.165, 1.54) is 4.57 Å². The molecule has 0 fully saturated rings. The Hall–Kier alpha value is -4.79. The molecule has 1 aliphatic rings. The average Bonchev–Trinajstić information content (AvgIpc) is 3.50. The molecule has 0 saturated heterocycles. The Morgan fingerprint density at radius 2 is 1.72 bits per heavy atom. The van der Waals surface area contributed by atoms with Gasteiger partial charge in [0.05, 0.1) is 6.54 Å². The third kappa shape index (κ3) is 3.70. The van der Waals surface area contributed by atoms with Gasteiger partial charge in [-0.15, -0.1) is 0 Å². The first-order valence-corrected chi connectivity index (χ1v) is 11.4. The second-order valence-corrected chi connectivity index (χ2v) is 8.64. The molecule has 2 aromatic heterocycles. The molecular weight excluding hydrogens is 462 g/mol. The van der Waals surface area contributed by atoms with Gasteiger partial charge in [-0.25, -0.2) is 4.79 Å². The maximum absolute atomic E-state index is 13.7. The first-order valence-electron chi connectivity index (χ1n) is 11.4. The standard InChI is InChI=1S/C27H21N3O6/c1-16-6-9-18(10-7-16)28-23(31)14-29-24-19-4-2-3-5-20(19)36-25(24)26(32)30(27(29)33)13-17-8-11-21-22(12-17)35-15-34-21/h2-12H,13-15H2,1H3,(H,28,31). The van der Waals surface area contributed by atoms with Crippen LogP contribution in [-0.2, 0) is 17.9 Å². The summed E-state index contributed by atoms with van der Waals surface area (Å²) in [5.74, 6) is 0.744. The normalized spacial score (nSPS) is 12.4. The van der Waals surface area contributed by atoms with Crippen LogP contribution in [0.25, 0.3) is 22.1 Å². The summed E-state index contributed by atoms with van der Waals surface area (Å²) >= 11 is 0. The summed E-state index contributed by atoms with van der Waals surface area (Å²) in [6.07, 6.45) is 0. The van der Waals surface area contributed by atoms with Crippen LogP contribution in [0.5, 0.6) is 11.5 Å². The van der Waals surface area contributed by atoms with Crippen LogP contribution < -0.4 is 26.0 Å². The van der Waals surface area contributed by atoms with E-state index in [-0.39, 0.29) is 25.5 Å². The number of aryl methyl sites for hydroxylation is 1. The number of nitrogens with one attached hydrogen (secondary N) is 1. The predicted octanol–water partition coefficient (Wildman–Crippen LogP) is 3.63. The Balaban J connectivity index is 1.46. The fraction of sp³-hybridized carbons (Fsp3) is 0.148. The number of fused-ring (bicyclic) bond motifs is 4. The largest absolute Gasteiger partial charge is 0.454 e. The van der Waals surface area contributed by atoms with Crippen LogP contribution in [0.2, 0.25) is 0 Å². The van der Waals surface area contributed by atoms with E-state index in [2.05, 4.69) is 5.32 Å². The van der Waals surface area contributed by atoms with Crippen molar-refractivity contribution in [2.75, 3.05) is 12.1 Å². The van der Waals surface area contributed by atoms with Gasteiger partial charge < -0.3 is 19.2 Å². The predicted molar refractivity (Wildman–Crippen MR) is 134 cm³/mol. The number of anilines is 1. The molecule has 9 heteroatoms. The van der Waals surface area contributed by atoms with E-state index >= 15 is 0 Å². The highest BCUT2D eigenvalue weighted by Gasteiger charge is 2.22. The van der Waals surface area contributed by atoms with Gasteiger partial charge in [0.25, 0.3) is 5.56 Å². The van der Waals surface area contributed by atoms with Crippen molar-refractivity contribution in [3.63, 3.8) is 0 Å². The van der Waals surface area contributed by atoms with Crippen molar-refractivity contribution < 1.29 is 18.7 Å². The molecule has 1 aliphatic heterocycles. The molecule has 0 aliphatic carbocycles. The quantitative estimate of drug-likeness (QED) is 0.409. The third-order valence-corrected chi connectivity index (χ3v) is 6.16. The zero-order valence-electron chi connectivity index (χ0n) is 19.3. The second kappa shape index (κ2) is 8.46. The first kappa shape index (κ1) is 21.7. The molecule has 1 N–H and O–H groups in total. The molecule has 0 radical (unpaired) electrons. The van der Waals surface area contributed by atoms with Crippen LogP contribution >= 0.6 is 0 Å². The summed E-state index contributed by atoms with van der Waals surface area (Å²) in [6, 6.07) is 19.6. The lowest BCUT2D eigenvalue weighted by atomic mass is 10.2. The Morgan fingerprint density at radius 1 is 0.944 bits per heavy atom. The van der Waals surface area contributed by atoms with E-state index in [0.717, 1.165) is 10.1 Å². The molecule has 6 rings (SSSR count). The van der Waals surface area contributed by atoms with E-state index in [1.54, 1.807) is 54.6 Å². The van der Waals surface area contributed by atoms with Crippen LogP contribution in [0.4, 0.5) is 5.69 Å². The molecule has 0 bridgehead atoms. The Morgan fingerprint density at radius 3 is 2.56 bits per heavy atom. The summed E-state index contributed by atoms with van der Waals surface area (Å²) < 4.78 is 19.0. The number of carbonyl (C=O) groups is 1. The monoisotopic (exact) mass is 483 g/mol. The highest BCUT2D eigenvalue weighted by molar-refractivity contribution is 6.03. The van der Waals surface area contributed by atoms with E-state index in [1.807, 2.05) is 19.1 Å². The van der Waals surface area contributed by atoms with E-state index < -0.39 is 17.2 Å². The number of benzene rings is 3. The van der Waals surface area contributed by atoms with E-state index in [4.69, 9.17) is 13.9 Å². The van der Waals surface area contributed by atoms with E-state index in [0.29, 0.717) is 39.2 Å². The topological polar surface area (TPSA) is 105 Å². The lowest BCUT2D eigenvalue weighted by molar-refractivity contribution is -0.116. The number of hydrogen-bond donors (Lipinski definition) is 1. The Kier molecular flexibility index (Phi) is 5.10. The summed E-state index contributed by atoms with van der Waals surface area (Å²) in [4.78, 5) is 40.1. The zero-order chi connectivity index (χ0) is 24.8. The van der Waals surface area contributed by atoms with Crippen molar-refractivity contribution in [1.82, 2.24) is 9.13 Å². The number of ether oxygens (including phenoxy) is 2. The minimum atomic E-state index is -0.615. The number of nitrogens with zero attached hydrogens (tertiary/aromatic N) is 2. The average molecular weight is 483 g/mol. The number of para-hydroxylation sites is 1. The molecule has 0 saturated carbocycles. The van der Waals surface area contributed by atoms with Gasteiger partial charge in [0.15, 0.2) is 11.5 Å². The van der Waals surface area contributed by atoms with Crippen LogP contribution in [0.1, 0.15) is 11.1 Å². The minimum Gasteiger partial charge on any atom is -0.454 e. The van der Waals surface area contributed by atoms with Crippen molar-refractivity contribution >= 4 is 33.7 Å². The summed E-state index contributed by atoms with van der Waals surface area (Å²) in [7, 11) is 0. The Bertz CT molecular complexity index is 1760.